The van der Waals surface area contributed by atoms with Crippen molar-refractivity contribution in [3.63, 3.8) is 0 Å². The number of allylic oxidation sites excluding steroid dienone is 2. The van der Waals surface area contributed by atoms with Gasteiger partial charge >= 0.3 is 0 Å². The molecular weight excluding hydrogens is 625 g/mol. The monoisotopic (exact) mass is 653 g/mol. The van der Waals surface area contributed by atoms with Gasteiger partial charge in [0.2, 0.25) is 11.8 Å². The second-order valence-corrected chi connectivity index (χ2v) is 13.5. The van der Waals surface area contributed by atoms with Gasteiger partial charge in [0.25, 0.3) is 0 Å². The first-order valence-corrected chi connectivity index (χ1v) is 16.4. The van der Waals surface area contributed by atoms with E-state index in [9.17, 15) is 0 Å². The predicted molar refractivity (Wildman–Crippen MR) is 186 cm³/mol. The lowest BCUT2D eigenvalue weighted by atomic mass is 9.59. The summed E-state index contributed by atoms with van der Waals surface area (Å²) in [7, 11) is 0. The fourth-order valence-electron chi connectivity index (χ4n) is 8.48. The molecule has 5 aromatic carbocycles. The quantitative estimate of drug-likeness (QED) is 0.178. The Balaban J connectivity index is 1.55. The number of hydrogen-bond donors (Lipinski definition) is 0. The van der Waals surface area contributed by atoms with Crippen LogP contribution in [0.4, 0.5) is 5.69 Å². The van der Waals surface area contributed by atoms with Gasteiger partial charge in [0.15, 0.2) is 5.78 Å². The number of carbonyl (C=O) groups is 3. The molecule has 0 aromatic heterocycles. The van der Waals surface area contributed by atoms with Crippen LogP contribution in [0.1, 0.15) is 33.4 Å². The van der Waals surface area contributed by atoms with Gasteiger partial charge in [0, 0.05) is 10.0 Å². The van der Waals surface area contributed by atoms with Crippen LogP contribution in [0, 0.1) is 25.7 Å². The average Bonchev–Trinajstić information content (AvgIpc) is 3.59. The van der Waals surface area contributed by atoms with E-state index in [1.165, 1.54) is 4.90 Å². The number of Topliss-reactive ketones (excluding diaryl/α,β-unsaturated/α-hetero) is 1. The zero-order chi connectivity index (χ0) is 32.7. The van der Waals surface area contributed by atoms with Crippen LogP contribution in [-0.2, 0) is 25.2 Å². The van der Waals surface area contributed by atoms with E-state index in [2.05, 4.69) is 0 Å². The molecule has 1 aliphatic heterocycles. The Hall–Kier alpha value is -4.77. The fraction of sp³-hybridized carbons (Fsp3) is 0.146. The molecule has 2 bridgehead atoms. The topological polar surface area (TPSA) is 54.5 Å². The molecule has 230 valence electrons. The highest BCUT2D eigenvalue weighted by Crippen LogP contribution is 2.74. The first-order chi connectivity index (χ1) is 22.7. The minimum atomic E-state index is -1.50. The lowest BCUT2D eigenvalue weighted by molar-refractivity contribution is -0.130. The van der Waals surface area contributed by atoms with Crippen molar-refractivity contribution < 1.29 is 14.4 Å². The van der Waals surface area contributed by atoms with E-state index in [-0.39, 0.29) is 17.6 Å². The Morgan fingerprint density at radius 3 is 1.36 bits per heavy atom. The first kappa shape index (κ1) is 29.6. The van der Waals surface area contributed by atoms with Crippen molar-refractivity contribution >= 4 is 57.6 Å². The van der Waals surface area contributed by atoms with Crippen molar-refractivity contribution in [2.75, 3.05) is 4.90 Å². The second-order valence-electron chi connectivity index (χ2n) is 12.7. The predicted octanol–water partition coefficient (Wildman–Crippen LogP) is 8.80. The van der Waals surface area contributed by atoms with Gasteiger partial charge in [-0.25, -0.2) is 4.90 Å². The summed E-state index contributed by atoms with van der Waals surface area (Å²) < 4.78 is 0. The molecule has 0 unspecified atom stereocenters. The Morgan fingerprint density at radius 1 is 0.532 bits per heavy atom. The zero-order valence-corrected chi connectivity index (χ0v) is 27.2. The van der Waals surface area contributed by atoms with Crippen molar-refractivity contribution in [2.45, 2.75) is 24.7 Å². The third kappa shape index (κ3) is 3.86. The zero-order valence-electron chi connectivity index (χ0n) is 25.7. The molecule has 1 saturated heterocycles. The fourth-order valence-corrected chi connectivity index (χ4v) is 8.73. The minimum absolute atomic E-state index is 0.191. The van der Waals surface area contributed by atoms with Crippen molar-refractivity contribution in [2.24, 2.45) is 11.8 Å². The number of rotatable bonds is 5. The number of anilines is 1. The summed E-state index contributed by atoms with van der Waals surface area (Å²) in [5.41, 5.74) is 3.88. The highest BCUT2D eigenvalue weighted by molar-refractivity contribution is 6.39. The van der Waals surface area contributed by atoms with Gasteiger partial charge < -0.3 is 0 Å². The number of halogens is 2. The molecule has 2 amide bonds. The molecule has 5 aromatic rings. The van der Waals surface area contributed by atoms with Crippen molar-refractivity contribution in [1.29, 1.82) is 0 Å². The summed E-state index contributed by atoms with van der Waals surface area (Å²) >= 11 is 12.8. The first-order valence-electron chi connectivity index (χ1n) is 15.6. The summed E-state index contributed by atoms with van der Waals surface area (Å²) in [5, 5.41) is 1.02. The normalized spacial score (nSPS) is 24.8. The number of imide groups is 1. The molecule has 4 nitrogen and oxygen atoms in total. The third-order valence-corrected chi connectivity index (χ3v) is 11.0. The molecule has 3 aliphatic rings. The van der Waals surface area contributed by atoms with Crippen LogP contribution < -0.4 is 4.90 Å². The molecule has 8 rings (SSSR count). The van der Waals surface area contributed by atoms with E-state index in [1.54, 1.807) is 24.3 Å². The molecule has 2 fully saturated rings. The molecule has 0 N–H and O–H groups in total. The van der Waals surface area contributed by atoms with E-state index in [4.69, 9.17) is 23.2 Å². The van der Waals surface area contributed by atoms with Crippen LogP contribution in [0.2, 0.25) is 10.0 Å². The summed E-state index contributed by atoms with van der Waals surface area (Å²) in [6, 6.07) is 39.5. The summed E-state index contributed by atoms with van der Waals surface area (Å²) in [5.74, 6) is -2.98. The molecule has 6 heteroatoms. The maximum atomic E-state index is 16.0. The second kappa shape index (κ2) is 10.6. The van der Waals surface area contributed by atoms with Crippen LogP contribution in [0.3, 0.4) is 0 Å². The van der Waals surface area contributed by atoms with Gasteiger partial charge in [-0.15, -0.1) is 0 Å². The Labute approximate surface area is 283 Å². The van der Waals surface area contributed by atoms with Gasteiger partial charge in [-0.3, -0.25) is 14.4 Å². The number of fused-ring (bicyclic) bond motifs is 5. The molecule has 4 atom stereocenters. The van der Waals surface area contributed by atoms with E-state index >= 15 is 14.4 Å². The van der Waals surface area contributed by atoms with Gasteiger partial charge in [0.05, 0.1) is 28.4 Å². The molecular formula is C41H29Cl2NO3. The lowest BCUT2D eigenvalue weighted by Crippen LogP contribution is -2.45. The standard InChI is InChI=1S/C41H29Cl2NO3/c1-24-13-22-32(23-25(24)2)44-37(45)35-36(38(44)46)41(29-16-20-31(43)21-17-29)34(27-11-7-4-8-12-27)33(26-9-5-3-6-10-26)40(35,39(41)47)28-14-18-30(42)19-15-28/h3-23,35-36H,1-2H3/t35-,36+,40-,41-/m0/s1. The van der Waals surface area contributed by atoms with Gasteiger partial charge in [0.1, 0.15) is 0 Å². The molecule has 2 aliphatic carbocycles. The van der Waals surface area contributed by atoms with Crippen molar-refractivity contribution in [3.05, 3.63) is 171 Å². The number of amides is 2. The molecule has 0 spiro atoms. The smallest absolute Gasteiger partial charge is 0.239 e. The largest absolute Gasteiger partial charge is 0.297 e. The third-order valence-electron chi connectivity index (χ3n) is 10.5. The number of aryl methyl sites for hydroxylation is 2. The Bertz CT molecular complexity index is 2010. The average molecular weight is 655 g/mol. The van der Waals surface area contributed by atoms with Crippen molar-refractivity contribution in [1.82, 2.24) is 0 Å². The van der Waals surface area contributed by atoms with Gasteiger partial charge in [-0.05, 0) is 94.8 Å². The molecule has 1 saturated carbocycles. The van der Waals surface area contributed by atoms with E-state index < -0.39 is 22.7 Å². The van der Waals surface area contributed by atoms with Crippen LogP contribution >= 0.6 is 23.2 Å². The van der Waals surface area contributed by atoms with Gasteiger partial charge in [-0.2, -0.15) is 0 Å². The number of nitrogens with zero attached hydrogens (tertiary/aromatic N) is 1. The number of benzene rings is 5. The van der Waals surface area contributed by atoms with E-state index in [0.717, 1.165) is 33.4 Å². The summed E-state index contributed by atoms with van der Waals surface area (Å²) in [6.45, 7) is 3.96. The summed E-state index contributed by atoms with van der Waals surface area (Å²) in [4.78, 5) is 47.5. The number of ketones is 1. The van der Waals surface area contributed by atoms with E-state index in [1.807, 2.05) is 117 Å². The lowest BCUT2D eigenvalue weighted by Gasteiger charge is -2.39. The molecule has 1 heterocycles. The number of carbonyl (C=O) groups excluding carboxylic acids is 3. The van der Waals surface area contributed by atoms with E-state index in [0.29, 0.717) is 26.9 Å². The van der Waals surface area contributed by atoms with Gasteiger partial charge in [-0.1, -0.05) is 114 Å². The van der Waals surface area contributed by atoms with Crippen LogP contribution in [-0.4, -0.2) is 17.6 Å². The van der Waals surface area contributed by atoms with Crippen LogP contribution in [0.5, 0.6) is 0 Å². The maximum absolute atomic E-state index is 16.0. The number of hydrogen-bond acceptors (Lipinski definition) is 3. The molecule has 0 radical (unpaired) electrons. The van der Waals surface area contributed by atoms with Crippen LogP contribution in [0.25, 0.3) is 11.1 Å². The van der Waals surface area contributed by atoms with Crippen molar-refractivity contribution in [3.8, 4) is 0 Å². The van der Waals surface area contributed by atoms with Crippen LogP contribution in [0.15, 0.2) is 127 Å². The SMILES string of the molecule is Cc1ccc(N2C(=O)[C@@H]3[C@H](C2=O)[C@@]2(c4ccc(Cl)cc4)C(=O)[C@@]3(c3ccc(Cl)cc3)C(c3ccccc3)=C2c2ccccc2)cc1C. The Morgan fingerprint density at radius 2 is 0.957 bits per heavy atom. The molecule has 47 heavy (non-hydrogen) atoms. The maximum Gasteiger partial charge on any atom is 0.239 e. The highest BCUT2D eigenvalue weighted by atomic mass is 35.5. The Kier molecular flexibility index (Phi) is 6.70. The summed E-state index contributed by atoms with van der Waals surface area (Å²) in [6.07, 6.45) is 0. The minimum Gasteiger partial charge on any atom is -0.297 e. The highest BCUT2D eigenvalue weighted by Gasteiger charge is 2.82.